The van der Waals surface area contributed by atoms with Crippen LogP contribution in [0.15, 0.2) is 77.3 Å². The normalized spacial score (nSPS) is 12.6. The lowest BCUT2D eigenvalue weighted by molar-refractivity contribution is 0.0601. The third kappa shape index (κ3) is 3.78. The van der Waals surface area contributed by atoms with Crippen molar-refractivity contribution < 1.29 is 23.5 Å². The van der Waals surface area contributed by atoms with Gasteiger partial charge in [-0.25, -0.2) is 4.79 Å². The fourth-order valence-corrected chi connectivity index (χ4v) is 3.99. The largest absolute Gasteiger partial charge is 0.493 e. The Kier molecular flexibility index (Phi) is 5.44. The zero-order valence-corrected chi connectivity index (χ0v) is 18.3. The minimum Gasteiger partial charge on any atom is -0.493 e. The van der Waals surface area contributed by atoms with E-state index in [1.54, 1.807) is 7.11 Å². The number of rotatable bonds is 4. The lowest BCUT2D eigenvalue weighted by atomic mass is 10.1. The van der Waals surface area contributed by atoms with Gasteiger partial charge in [-0.3, -0.25) is 0 Å². The topological polar surface area (TPSA) is 74.0 Å². The Hall–Kier alpha value is -4.26. The summed E-state index contributed by atoms with van der Waals surface area (Å²) in [7, 11) is 2.96. The van der Waals surface area contributed by atoms with E-state index in [9.17, 15) is 4.79 Å². The second kappa shape index (κ2) is 8.70. The van der Waals surface area contributed by atoms with Gasteiger partial charge >= 0.3 is 5.97 Å². The molecule has 1 aromatic heterocycles. The molecule has 33 heavy (non-hydrogen) atoms. The summed E-state index contributed by atoms with van der Waals surface area (Å²) in [5.74, 6) is 2.23. The van der Waals surface area contributed by atoms with Gasteiger partial charge in [0.05, 0.1) is 14.2 Å². The van der Waals surface area contributed by atoms with E-state index in [0.29, 0.717) is 41.9 Å². The number of carbonyl (C=O) groups is 1. The van der Waals surface area contributed by atoms with Crippen LogP contribution < -0.4 is 14.4 Å². The summed E-state index contributed by atoms with van der Waals surface area (Å²) in [6.45, 7) is 0.878. The van der Waals surface area contributed by atoms with Crippen molar-refractivity contribution in [3.63, 3.8) is 0 Å². The first-order valence-electron chi connectivity index (χ1n) is 10.5. The van der Waals surface area contributed by atoms with Crippen LogP contribution in [0.4, 0.5) is 5.82 Å². The Balaban J connectivity index is 1.68. The summed E-state index contributed by atoms with van der Waals surface area (Å²) in [6.07, 6.45) is 0. The average Bonchev–Trinajstić information content (AvgIpc) is 3.29. The number of nitrogens with zero attached hydrogens (tertiary/aromatic N) is 2. The molecule has 3 aromatic carbocycles. The molecule has 5 rings (SSSR count). The highest BCUT2D eigenvalue weighted by Crippen LogP contribution is 2.41. The summed E-state index contributed by atoms with van der Waals surface area (Å²) < 4.78 is 22.6. The summed E-state index contributed by atoms with van der Waals surface area (Å²) >= 11 is 0. The molecule has 0 atom stereocenters. The number of benzene rings is 3. The van der Waals surface area contributed by atoms with Gasteiger partial charge in [-0.2, -0.15) is 0 Å². The van der Waals surface area contributed by atoms with Crippen LogP contribution in [0.3, 0.4) is 0 Å². The van der Waals surface area contributed by atoms with Gasteiger partial charge in [-0.1, -0.05) is 65.8 Å². The molecule has 0 unspecified atom stereocenters. The van der Waals surface area contributed by atoms with Crippen LogP contribution in [-0.2, 0) is 17.8 Å². The maximum atomic E-state index is 12.9. The van der Waals surface area contributed by atoms with E-state index in [0.717, 1.165) is 16.7 Å². The number of aromatic nitrogens is 1. The van der Waals surface area contributed by atoms with Gasteiger partial charge in [0.2, 0.25) is 0 Å². The number of carbonyl (C=O) groups excluding carboxylic acids is 1. The van der Waals surface area contributed by atoms with Gasteiger partial charge in [0.15, 0.2) is 28.6 Å². The highest BCUT2D eigenvalue weighted by molar-refractivity contribution is 6.00. The molecule has 4 aromatic rings. The zero-order chi connectivity index (χ0) is 22.8. The van der Waals surface area contributed by atoms with Crippen LogP contribution in [-0.4, -0.2) is 25.3 Å². The molecule has 0 N–H and O–H groups in total. The van der Waals surface area contributed by atoms with Crippen molar-refractivity contribution in [2.75, 3.05) is 19.1 Å². The molecule has 0 bridgehead atoms. The van der Waals surface area contributed by atoms with Gasteiger partial charge in [-0.05, 0) is 12.1 Å². The van der Waals surface area contributed by atoms with Crippen molar-refractivity contribution in [3.8, 4) is 28.6 Å². The molecule has 7 heteroatoms. The maximum Gasteiger partial charge on any atom is 0.345 e. The van der Waals surface area contributed by atoms with Gasteiger partial charge in [0, 0.05) is 29.8 Å². The average molecular weight is 442 g/mol. The highest BCUT2D eigenvalue weighted by Gasteiger charge is 2.31. The summed E-state index contributed by atoms with van der Waals surface area (Å²) in [4.78, 5) is 14.9. The SMILES string of the molecule is COC(=O)c1c(N2Cc3ccccc3Oc3c(cccc3OC)C2)noc1-c1ccccc1. The van der Waals surface area contributed by atoms with E-state index >= 15 is 0 Å². The van der Waals surface area contributed by atoms with Crippen LogP contribution in [0.25, 0.3) is 11.3 Å². The van der Waals surface area contributed by atoms with E-state index in [2.05, 4.69) is 5.16 Å². The quantitative estimate of drug-likeness (QED) is 0.389. The molecular weight excluding hydrogens is 420 g/mol. The minimum atomic E-state index is -0.512. The molecule has 0 fully saturated rings. The zero-order valence-electron chi connectivity index (χ0n) is 18.3. The molecule has 1 aliphatic heterocycles. The number of ether oxygens (including phenoxy) is 3. The fourth-order valence-electron chi connectivity index (χ4n) is 3.99. The molecule has 2 heterocycles. The number of esters is 1. The monoisotopic (exact) mass is 442 g/mol. The predicted molar refractivity (Wildman–Crippen MR) is 123 cm³/mol. The van der Waals surface area contributed by atoms with E-state index in [4.69, 9.17) is 18.7 Å². The summed E-state index contributed by atoms with van der Waals surface area (Å²) in [5, 5.41) is 4.32. The molecule has 7 nitrogen and oxygen atoms in total. The van der Waals surface area contributed by atoms with Gasteiger partial charge < -0.3 is 23.6 Å². The molecule has 0 aliphatic carbocycles. The third-order valence-electron chi connectivity index (χ3n) is 5.59. The summed E-state index contributed by atoms with van der Waals surface area (Å²) in [6, 6.07) is 22.9. The Labute approximate surface area is 191 Å². The Morgan fingerprint density at radius 1 is 0.909 bits per heavy atom. The van der Waals surface area contributed by atoms with Crippen molar-refractivity contribution >= 4 is 11.8 Å². The molecule has 0 radical (unpaired) electrons. The van der Waals surface area contributed by atoms with Crippen LogP contribution in [0.1, 0.15) is 21.5 Å². The van der Waals surface area contributed by atoms with Crippen LogP contribution in [0.2, 0.25) is 0 Å². The lowest BCUT2D eigenvalue weighted by Gasteiger charge is -2.28. The standard InChI is InChI=1S/C26H22N2O5/c1-30-21-14-8-12-19-16-28(15-18-11-6-7-13-20(18)32-23(19)21)25-22(26(29)31-2)24(33-27-25)17-9-4-3-5-10-17/h3-14H,15-16H2,1-2H3. The van der Waals surface area contributed by atoms with E-state index < -0.39 is 5.97 Å². The number of fused-ring (bicyclic) bond motifs is 2. The summed E-state index contributed by atoms with van der Waals surface area (Å²) in [5.41, 5.74) is 2.86. The van der Waals surface area contributed by atoms with Gasteiger partial charge in [0.25, 0.3) is 0 Å². The molecule has 166 valence electrons. The lowest BCUT2D eigenvalue weighted by Crippen LogP contribution is -2.26. The minimum absolute atomic E-state index is 0.284. The smallest absolute Gasteiger partial charge is 0.345 e. The van der Waals surface area contributed by atoms with Crippen molar-refractivity contribution in [1.29, 1.82) is 0 Å². The van der Waals surface area contributed by atoms with Gasteiger partial charge in [0.1, 0.15) is 5.75 Å². The molecule has 0 amide bonds. The van der Waals surface area contributed by atoms with Crippen molar-refractivity contribution in [2.24, 2.45) is 0 Å². The molecule has 0 saturated heterocycles. The van der Waals surface area contributed by atoms with Crippen LogP contribution in [0, 0.1) is 0 Å². The Morgan fingerprint density at radius 2 is 1.64 bits per heavy atom. The third-order valence-corrected chi connectivity index (χ3v) is 5.59. The number of para-hydroxylation sites is 2. The number of hydrogen-bond acceptors (Lipinski definition) is 7. The first-order valence-corrected chi connectivity index (χ1v) is 10.5. The van der Waals surface area contributed by atoms with E-state index in [-0.39, 0.29) is 5.56 Å². The van der Waals surface area contributed by atoms with Crippen molar-refractivity contribution in [1.82, 2.24) is 5.16 Å². The number of anilines is 1. The second-order valence-electron chi connectivity index (χ2n) is 7.58. The number of hydrogen-bond donors (Lipinski definition) is 0. The predicted octanol–water partition coefficient (Wildman–Crippen LogP) is 5.45. The molecular formula is C26H22N2O5. The van der Waals surface area contributed by atoms with E-state index in [1.807, 2.05) is 77.7 Å². The fraction of sp³-hybridized carbons (Fsp3) is 0.154. The van der Waals surface area contributed by atoms with Crippen LogP contribution >= 0.6 is 0 Å². The first-order chi connectivity index (χ1) is 16.2. The molecule has 1 aliphatic rings. The maximum absolute atomic E-state index is 12.9. The molecule has 0 saturated carbocycles. The Morgan fingerprint density at radius 3 is 2.42 bits per heavy atom. The van der Waals surface area contributed by atoms with Crippen molar-refractivity contribution in [2.45, 2.75) is 13.1 Å². The first kappa shape index (κ1) is 20.6. The second-order valence-corrected chi connectivity index (χ2v) is 7.58. The number of methoxy groups -OCH3 is 2. The van der Waals surface area contributed by atoms with Gasteiger partial charge in [-0.15, -0.1) is 0 Å². The van der Waals surface area contributed by atoms with E-state index in [1.165, 1.54) is 7.11 Å². The van der Waals surface area contributed by atoms with Crippen LogP contribution in [0.5, 0.6) is 17.2 Å². The Bertz CT molecular complexity index is 1300. The highest BCUT2D eigenvalue weighted by atomic mass is 16.5. The van der Waals surface area contributed by atoms with Crippen molar-refractivity contribution in [3.05, 3.63) is 89.5 Å². The molecule has 0 spiro atoms.